The number of ether oxygens (including phenoxy) is 2. The molecule has 1 aromatic rings. The summed E-state index contributed by atoms with van der Waals surface area (Å²) in [5, 5.41) is 9.23. The highest BCUT2D eigenvalue weighted by Gasteiger charge is 2.34. The first-order chi connectivity index (χ1) is 9.70. The molecule has 0 aliphatic carbocycles. The van der Waals surface area contributed by atoms with E-state index in [0.717, 1.165) is 0 Å². The molecule has 0 saturated carbocycles. The van der Waals surface area contributed by atoms with E-state index in [9.17, 15) is 13.7 Å². The molecule has 116 valence electrons. The van der Waals surface area contributed by atoms with Crippen molar-refractivity contribution in [3.8, 4) is 17.6 Å². The number of nitriles is 1. The Kier molecular flexibility index (Phi) is 5.20. The molecule has 0 aliphatic heterocycles. The molecule has 6 nitrogen and oxygen atoms in total. The third kappa shape index (κ3) is 3.65. The van der Waals surface area contributed by atoms with Gasteiger partial charge in [-0.05, 0) is 25.0 Å². The molecule has 1 rings (SSSR count). The number of methoxy groups -OCH3 is 2. The van der Waals surface area contributed by atoms with Crippen LogP contribution in [0.2, 0.25) is 0 Å². The monoisotopic (exact) mass is 312 g/mol. The minimum Gasteiger partial charge on any atom is -0.493 e. The van der Waals surface area contributed by atoms with E-state index in [0.29, 0.717) is 11.5 Å². The Bertz CT molecular complexity index is 649. The summed E-state index contributed by atoms with van der Waals surface area (Å²) in [4.78, 5) is 0.0160. The molecule has 21 heavy (non-hydrogen) atoms. The molecule has 1 N–H and O–H groups in total. The van der Waals surface area contributed by atoms with E-state index in [4.69, 9.17) is 9.47 Å². The number of hydrogen-bond donors (Lipinski definition) is 1. The van der Waals surface area contributed by atoms with E-state index in [1.807, 2.05) is 6.07 Å². The topological polar surface area (TPSA) is 88.4 Å². The highest BCUT2D eigenvalue weighted by Crippen LogP contribution is 2.30. The Balaban J connectivity index is 3.24. The van der Waals surface area contributed by atoms with Crippen LogP contribution in [0.4, 0.5) is 0 Å². The van der Waals surface area contributed by atoms with Crippen LogP contribution in [0, 0.1) is 17.2 Å². The van der Waals surface area contributed by atoms with Gasteiger partial charge in [-0.2, -0.15) is 9.98 Å². The number of nitrogens with one attached hydrogen (secondary N) is 1. The normalized spacial score (nSPS) is 14.3. The zero-order valence-corrected chi connectivity index (χ0v) is 13.6. The van der Waals surface area contributed by atoms with E-state index in [-0.39, 0.29) is 10.8 Å². The van der Waals surface area contributed by atoms with Crippen molar-refractivity contribution >= 4 is 10.0 Å². The van der Waals surface area contributed by atoms with Gasteiger partial charge in [-0.1, -0.05) is 13.8 Å². The van der Waals surface area contributed by atoms with Crippen molar-refractivity contribution in [3.63, 3.8) is 0 Å². The standard InChI is InChI=1S/C14H20N2O4S/c1-10(2)14(3,9-15)16-21(17,18)11-6-7-12(19-4)13(8-11)20-5/h6-8,10,16H,1-5H3/t14-/m0/s1. The molecule has 0 saturated heterocycles. The van der Waals surface area contributed by atoms with Gasteiger partial charge in [0.1, 0.15) is 5.54 Å². The number of sulfonamides is 1. The summed E-state index contributed by atoms with van der Waals surface area (Å²) >= 11 is 0. The molecule has 0 aromatic heterocycles. The van der Waals surface area contributed by atoms with Crippen LogP contribution in [0.1, 0.15) is 20.8 Å². The molecular weight excluding hydrogens is 292 g/mol. The van der Waals surface area contributed by atoms with Crippen LogP contribution in [0.3, 0.4) is 0 Å². The van der Waals surface area contributed by atoms with Crippen LogP contribution in [0.25, 0.3) is 0 Å². The Morgan fingerprint density at radius 3 is 2.24 bits per heavy atom. The number of hydrogen-bond acceptors (Lipinski definition) is 5. The summed E-state index contributed by atoms with van der Waals surface area (Å²) < 4.78 is 37.4. The van der Waals surface area contributed by atoms with Gasteiger partial charge < -0.3 is 9.47 Å². The predicted molar refractivity (Wildman–Crippen MR) is 78.7 cm³/mol. The Morgan fingerprint density at radius 1 is 1.24 bits per heavy atom. The molecule has 0 heterocycles. The predicted octanol–water partition coefficient (Wildman–Crippen LogP) is 1.92. The second-order valence-corrected chi connectivity index (χ2v) is 6.77. The van der Waals surface area contributed by atoms with Crippen molar-refractivity contribution < 1.29 is 17.9 Å². The van der Waals surface area contributed by atoms with Crippen LogP contribution < -0.4 is 14.2 Å². The zero-order valence-electron chi connectivity index (χ0n) is 12.8. The molecule has 0 fully saturated rings. The molecule has 0 spiro atoms. The van der Waals surface area contributed by atoms with Gasteiger partial charge in [0.05, 0.1) is 25.2 Å². The van der Waals surface area contributed by atoms with E-state index in [1.54, 1.807) is 20.8 Å². The van der Waals surface area contributed by atoms with Crippen molar-refractivity contribution in [2.45, 2.75) is 31.2 Å². The lowest BCUT2D eigenvalue weighted by molar-refractivity contribution is 0.353. The SMILES string of the molecule is COc1ccc(S(=O)(=O)N[C@@](C)(C#N)C(C)C)cc1OC. The van der Waals surface area contributed by atoms with E-state index < -0.39 is 15.6 Å². The summed E-state index contributed by atoms with van der Waals surface area (Å²) in [7, 11) is -0.947. The van der Waals surface area contributed by atoms with Gasteiger partial charge in [-0.3, -0.25) is 0 Å². The molecule has 7 heteroatoms. The van der Waals surface area contributed by atoms with Crippen molar-refractivity contribution in [3.05, 3.63) is 18.2 Å². The summed E-state index contributed by atoms with van der Waals surface area (Å²) in [5.41, 5.74) is -1.19. The van der Waals surface area contributed by atoms with E-state index in [2.05, 4.69) is 4.72 Å². The van der Waals surface area contributed by atoms with Crippen LogP contribution in [-0.2, 0) is 10.0 Å². The Hall–Kier alpha value is -1.78. The molecule has 1 atom stereocenters. The summed E-state index contributed by atoms with van der Waals surface area (Å²) in [6, 6.07) is 6.28. The first kappa shape index (κ1) is 17.3. The summed E-state index contributed by atoms with van der Waals surface area (Å²) in [6.45, 7) is 5.11. The third-order valence-electron chi connectivity index (χ3n) is 3.40. The lowest BCUT2D eigenvalue weighted by Crippen LogP contribution is -2.48. The number of rotatable bonds is 6. The van der Waals surface area contributed by atoms with Crippen LogP contribution in [0.5, 0.6) is 11.5 Å². The first-order valence-electron chi connectivity index (χ1n) is 6.37. The highest BCUT2D eigenvalue weighted by atomic mass is 32.2. The van der Waals surface area contributed by atoms with Crippen LogP contribution >= 0.6 is 0 Å². The van der Waals surface area contributed by atoms with Gasteiger partial charge in [0.25, 0.3) is 0 Å². The molecule has 0 radical (unpaired) electrons. The van der Waals surface area contributed by atoms with Gasteiger partial charge >= 0.3 is 0 Å². The Morgan fingerprint density at radius 2 is 1.81 bits per heavy atom. The molecule has 0 unspecified atom stereocenters. The fourth-order valence-corrected chi connectivity index (χ4v) is 3.06. The second kappa shape index (κ2) is 6.33. The average molecular weight is 312 g/mol. The highest BCUT2D eigenvalue weighted by molar-refractivity contribution is 7.89. The van der Waals surface area contributed by atoms with Crippen LogP contribution in [0.15, 0.2) is 23.1 Å². The van der Waals surface area contributed by atoms with Crippen molar-refractivity contribution in [1.29, 1.82) is 5.26 Å². The van der Waals surface area contributed by atoms with Gasteiger partial charge in [0, 0.05) is 6.07 Å². The maximum atomic E-state index is 12.4. The van der Waals surface area contributed by atoms with E-state index in [1.165, 1.54) is 32.4 Å². The fraction of sp³-hybridized carbons (Fsp3) is 0.500. The maximum Gasteiger partial charge on any atom is 0.242 e. The largest absolute Gasteiger partial charge is 0.493 e. The smallest absolute Gasteiger partial charge is 0.242 e. The first-order valence-corrected chi connectivity index (χ1v) is 7.85. The molecule has 0 aliphatic rings. The fourth-order valence-electron chi connectivity index (χ4n) is 1.59. The quantitative estimate of drug-likeness (QED) is 0.867. The van der Waals surface area contributed by atoms with Gasteiger partial charge in [-0.15, -0.1) is 0 Å². The average Bonchev–Trinajstić information content (AvgIpc) is 2.45. The molecular formula is C14H20N2O4S. The summed E-state index contributed by atoms with van der Waals surface area (Å²) in [5.74, 6) is 0.560. The second-order valence-electron chi connectivity index (χ2n) is 5.09. The van der Waals surface area contributed by atoms with Gasteiger partial charge in [-0.25, -0.2) is 8.42 Å². The Labute approximate surface area is 125 Å². The third-order valence-corrected chi connectivity index (χ3v) is 4.97. The van der Waals surface area contributed by atoms with Gasteiger partial charge in [0.2, 0.25) is 10.0 Å². The van der Waals surface area contributed by atoms with Crippen molar-refractivity contribution in [1.82, 2.24) is 4.72 Å². The molecule has 0 bridgehead atoms. The van der Waals surface area contributed by atoms with Crippen molar-refractivity contribution in [2.75, 3.05) is 14.2 Å². The molecule has 1 aromatic carbocycles. The minimum absolute atomic E-state index is 0.0160. The lowest BCUT2D eigenvalue weighted by Gasteiger charge is -2.27. The number of benzene rings is 1. The van der Waals surface area contributed by atoms with Gasteiger partial charge in [0.15, 0.2) is 11.5 Å². The van der Waals surface area contributed by atoms with E-state index >= 15 is 0 Å². The minimum atomic E-state index is -3.84. The lowest BCUT2D eigenvalue weighted by atomic mass is 9.92. The van der Waals surface area contributed by atoms with Crippen LogP contribution in [-0.4, -0.2) is 28.2 Å². The molecule has 0 amide bonds. The number of nitrogens with zero attached hydrogens (tertiary/aromatic N) is 1. The summed E-state index contributed by atoms with van der Waals surface area (Å²) in [6.07, 6.45) is 0. The maximum absolute atomic E-state index is 12.4. The van der Waals surface area contributed by atoms with Crippen molar-refractivity contribution in [2.24, 2.45) is 5.92 Å². The zero-order chi connectivity index (χ0) is 16.3.